The summed E-state index contributed by atoms with van der Waals surface area (Å²) < 4.78 is 1.17. The first-order chi connectivity index (χ1) is 6.27. The summed E-state index contributed by atoms with van der Waals surface area (Å²) >= 11 is 2.28. The minimum atomic E-state index is -0.249. The van der Waals surface area contributed by atoms with Gasteiger partial charge in [0.2, 0.25) is 0 Å². The number of hydrogen-bond donors (Lipinski definition) is 1. The summed E-state index contributed by atoms with van der Waals surface area (Å²) in [4.78, 5) is 0. The summed E-state index contributed by atoms with van der Waals surface area (Å²) in [5.41, 5.74) is 1.09. The Morgan fingerprint density at radius 1 is 1.38 bits per heavy atom. The molecule has 0 spiro atoms. The molecular formula is C11H13IO. The first-order valence-corrected chi connectivity index (χ1v) is 5.77. The predicted molar refractivity (Wildman–Crippen MR) is 61.5 cm³/mol. The van der Waals surface area contributed by atoms with Gasteiger partial charge < -0.3 is 5.11 Å². The highest BCUT2D eigenvalue weighted by molar-refractivity contribution is 14.1. The smallest absolute Gasteiger partial charge is 0.0802 e. The highest BCUT2D eigenvalue weighted by Crippen LogP contribution is 2.38. The van der Waals surface area contributed by atoms with Crippen LogP contribution in [0.25, 0.3) is 0 Å². The van der Waals surface area contributed by atoms with Crippen LogP contribution < -0.4 is 0 Å². The van der Waals surface area contributed by atoms with E-state index in [1.807, 2.05) is 24.3 Å². The molecule has 0 aromatic heterocycles. The lowest BCUT2D eigenvalue weighted by atomic mass is 10.0. The first kappa shape index (κ1) is 9.46. The predicted octanol–water partition coefficient (Wildman–Crippen LogP) is 3.12. The molecule has 1 aromatic carbocycles. The van der Waals surface area contributed by atoms with Crippen molar-refractivity contribution in [2.75, 3.05) is 0 Å². The molecule has 70 valence electrons. The second kappa shape index (κ2) is 3.96. The fourth-order valence-corrected chi connectivity index (χ4v) is 2.29. The van der Waals surface area contributed by atoms with Crippen LogP contribution in [0.3, 0.4) is 0 Å². The Morgan fingerprint density at radius 2 is 2.08 bits per heavy atom. The van der Waals surface area contributed by atoms with E-state index in [-0.39, 0.29) is 6.10 Å². The van der Waals surface area contributed by atoms with Crippen LogP contribution in [0.1, 0.15) is 30.9 Å². The highest BCUT2D eigenvalue weighted by Gasteiger charge is 2.25. The van der Waals surface area contributed by atoms with Crippen LogP contribution in [-0.4, -0.2) is 5.11 Å². The first-order valence-electron chi connectivity index (χ1n) is 4.70. The van der Waals surface area contributed by atoms with Crippen molar-refractivity contribution in [3.63, 3.8) is 0 Å². The van der Waals surface area contributed by atoms with E-state index in [2.05, 4.69) is 22.6 Å². The van der Waals surface area contributed by atoms with Crippen LogP contribution in [0.2, 0.25) is 0 Å². The van der Waals surface area contributed by atoms with Gasteiger partial charge in [-0.15, -0.1) is 0 Å². The van der Waals surface area contributed by atoms with Crippen molar-refractivity contribution in [3.8, 4) is 0 Å². The van der Waals surface area contributed by atoms with Crippen molar-refractivity contribution >= 4 is 22.6 Å². The Labute approximate surface area is 92.3 Å². The van der Waals surface area contributed by atoms with Gasteiger partial charge in [-0.3, -0.25) is 0 Å². The molecule has 0 aliphatic heterocycles. The topological polar surface area (TPSA) is 20.2 Å². The van der Waals surface area contributed by atoms with E-state index in [9.17, 15) is 5.11 Å². The molecule has 1 saturated carbocycles. The molecule has 0 bridgehead atoms. The molecule has 2 heteroatoms. The Hall–Kier alpha value is -0.0900. The van der Waals surface area contributed by atoms with Crippen LogP contribution in [0.5, 0.6) is 0 Å². The van der Waals surface area contributed by atoms with Gasteiger partial charge in [0, 0.05) is 3.57 Å². The molecular weight excluding hydrogens is 275 g/mol. The molecule has 0 saturated heterocycles. The van der Waals surface area contributed by atoms with Crippen molar-refractivity contribution in [2.45, 2.75) is 25.4 Å². The van der Waals surface area contributed by atoms with Crippen molar-refractivity contribution in [1.82, 2.24) is 0 Å². The lowest BCUT2D eigenvalue weighted by molar-refractivity contribution is 0.159. The van der Waals surface area contributed by atoms with Gasteiger partial charge in [-0.05, 0) is 46.6 Å². The summed E-state index contributed by atoms with van der Waals surface area (Å²) in [6, 6.07) is 8.07. The maximum Gasteiger partial charge on any atom is 0.0802 e. The van der Waals surface area contributed by atoms with Crippen LogP contribution in [0.15, 0.2) is 24.3 Å². The van der Waals surface area contributed by atoms with Gasteiger partial charge in [-0.25, -0.2) is 0 Å². The number of rotatable bonds is 3. The van der Waals surface area contributed by atoms with E-state index in [4.69, 9.17) is 0 Å². The Morgan fingerprint density at radius 3 is 2.69 bits per heavy atom. The van der Waals surface area contributed by atoms with Crippen LogP contribution >= 0.6 is 22.6 Å². The third-order valence-corrected chi connectivity index (χ3v) is 3.50. The van der Waals surface area contributed by atoms with Gasteiger partial charge in [0.1, 0.15) is 0 Å². The quantitative estimate of drug-likeness (QED) is 0.847. The molecule has 2 rings (SSSR count). The molecule has 13 heavy (non-hydrogen) atoms. The Balaban J connectivity index is 2.09. The van der Waals surface area contributed by atoms with E-state index < -0.39 is 0 Å². The summed E-state index contributed by atoms with van der Waals surface area (Å²) in [6.07, 6.45) is 3.31. The zero-order valence-corrected chi connectivity index (χ0v) is 9.57. The summed E-state index contributed by atoms with van der Waals surface area (Å²) in [5, 5.41) is 9.91. The number of benzene rings is 1. The molecule has 1 nitrogen and oxygen atoms in total. The largest absolute Gasteiger partial charge is 0.388 e. The zero-order chi connectivity index (χ0) is 9.26. The molecule has 1 aliphatic rings. The zero-order valence-electron chi connectivity index (χ0n) is 7.41. The fourth-order valence-electron chi connectivity index (χ4n) is 1.54. The van der Waals surface area contributed by atoms with Crippen LogP contribution in [0.4, 0.5) is 0 Å². The second-order valence-corrected chi connectivity index (χ2v) is 4.88. The van der Waals surface area contributed by atoms with Gasteiger partial charge in [0.15, 0.2) is 0 Å². The van der Waals surface area contributed by atoms with Crippen LogP contribution in [0, 0.1) is 9.49 Å². The standard InChI is InChI=1S/C11H13IO/c12-10-4-2-1-3-9(10)11(13)7-8-5-6-8/h1-4,8,11,13H,5-7H2. The fraction of sp³-hybridized carbons (Fsp3) is 0.455. The number of aliphatic hydroxyl groups is 1. The Kier molecular flexibility index (Phi) is 2.89. The molecule has 1 fully saturated rings. The molecule has 0 heterocycles. The average Bonchev–Trinajstić information content (AvgIpc) is 2.89. The molecule has 0 amide bonds. The van der Waals surface area contributed by atoms with Gasteiger partial charge >= 0.3 is 0 Å². The maximum atomic E-state index is 9.91. The van der Waals surface area contributed by atoms with E-state index in [0.717, 1.165) is 17.9 Å². The molecule has 1 aliphatic carbocycles. The minimum absolute atomic E-state index is 0.249. The molecule has 1 unspecified atom stereocenters. The normalized spacial score (nSPS) is 18.6. The van der Waals surface area contributed by atoms with E-state index >= 15 is 0 Å². The maximum absolute atomic E-state index is 9.91. The molecule has 1 atom stereocenters. The van der Waals surface area contributed by atoms with Gasteiger partial charge in [0.25, 0.3) is 0 Å². The minimum Gasteiger partial charge on any atom is -0.388 e. The number of aliphatic hydroxyl groups excluding tert-OH is 1. The molecule has 1 aromatic rings. The summed E-state index contributed by atoms with van der Waals surface area (Å²) in [6.45, 7) is 0. The third-order valence-electron chi connectivity index (χ3n) is 2.52. The number of hydrogen-bond acceptors (Lipinski definition) is 1. The van der Waals surface area contributed by atoms with Crippen molar-refractivity contribution in [3.05, 3.63) is 33.4 Å². The van der Waals surface area contributed by atoms with E-state index in [1.54, 1.807) is 0 Å². The molecule has 0 radical (unpaired) electrons. The third kappa shape index (κ3) is 2.44. The Bertz CT molecular complexity index is 294. The number of halogens is 1. The SMILES string of the molecule is OC(CC1CC1)c1ccccc1I. The van der Waals surface area contributed by atoms with Gasteiger partial charge in [-0.2, -0.15) is 0 Å². The van der Waals surface area contributed by atoms with Crippen molar-refractivity contribution in [1.29, 1.82) is 0 Å². The van der Waals surface area contributed by atoms with Gasteiger partial charge in [0.05, 0.1) is 6.10 Å². The summed E-state index contributed by atoms with van der Waals surface area (Å²) in [7, 11) is 0. The monoisotopic (exact) mass is 288 g/mol. The van der Waals surface area contributed by atoms with E-state index in [1.165, 1.54) is 16.4 Å². The average molecular weight is 288 g/mol. The lowest BCUT2D eigenvalue weighted by Crippen LogP contribution is -2.00. The van der Waals surface area contributed by atoms with Crippen molar-refractivity contribution < 1.29 is 5.11 Å². The summed E-state index contributed by atoms with van der Waals surface area (Å²) in [5.74, 6) is 0.783. The van der Waals surface area contributed by atoms with Crippen LogP contribution in [-0.2, 0) is 0 Å². The highest BCUT2D eigenvalue weighted by atomic mass is 127. The second-order valence-electron chi connectivity index (χ2n) is 3.72. The lowest BCUT2D eigenvalue weighted by Gasteiger charge is -2.11. The van der Waals surface area contributed by atoms with Crippen molar-refractivity contribution in [2.24, 2.45) is 5.92 Å². The van der Waals surface area contributed by atoms with Gasteiger partial charge in [-0.1, -0.05) is 31.0 Å². The van der Waals surface area contributed by atoms with E-state index in [0.29, 0.717) is 0 Å². The molecule has 1 N–H and O–H groups in total.